The maximum Gasteiger partial charge on any atom is 0.269 e. The molecule has 3 rings (SSSR count). The average molecular weight is 380 g/mol. The fourth-order valence-corrected chi connectivity index (χ4v) is 2.82. The Bertz CT molecular complexity index is 971. The van der Waals surface area contributed by atoms with Crippen molar-refractivity contribution >= 4 is 17.5 Å². The standard InChI is InChI=1S/C20H24N6O2/c1-4-26-18(9-15(3)24-26)20(28)21-11-19(27)23-17-10-22-25(13-17)12-16-7-5-14(2)6-8-16/h5-10,13H,4,11-12H2,1-3H3,(H,21,28)(H,23,27). The van der Waals surface area contributed by atoms with Crippen LogP contribution in [0, 0.1) is 13.8 Å². The van der Waals surface area contributed by atoms with Crippen molar-refractivity contribution in [1.29, 1.82) is 0 Å². The molecule has 28 heavy (non-hydrogen) atoms. The van der Waals surface area contributed by atoms with Gasteiger partial charge in [-0.25, -0.2) is 0 Å². The van der Waals surface area contributed by atoms with Crippen LogP contribution in [-0.2, 0) is 17.9 Å². The van der Waals surface area contributed by atoms with Crippen LogP contribution in [0.1, 0.15) is 34.2 Å². The predicted octanol–water partition coefficient (Wildman–Crippen LogP) is 2.13. The van der Waals surface area contributed by atoms with Crippen molar-refractivity contribution in [2.45, 2.75) is 33.9 Å². The van der Waals surface area contributed by atoms with Gasteiger partial charge in [0, 0.05) is 12.7 Å². The van der Waals surface area contributed by atoms with E-state index in [1.54, 1.807) is 27.8 Å². The first-order chi connectivity index (χ1) is 13.4. The van der Waals surface area contributed by atoms with Crippen LogP contribution >= 0.6 is 0 Å². The lowest BCUT2D eigenvalue weighted by molar-refractivity contribution is -0.115. The van der Waals surface area contributed by atoms with E-state index in [1.807, 2.05) is 32.9 Å². The topological polar surface area (TPSA) is 93.8 Å². The molecule has 0 saturated carbocycles. The molecule has 2 amide bonds. The molecule has 0 aliphatic heterocycles. The summed E-state index contributed by atoms with van der Waals surface area (Å²) in [7, 11) is 0. The predicted molar refractivity (Wildman–Crippen MR) is 106 cm³/mol. The summed E-state index contributed by atoms with van der Waals surface area (Å²) < 4.78 is 3.36. The first-order valence-electron chi connectivity index (χ1n) is 9.15. The molecule has 0 aliphatic rings. The highest BCUT2D eigenvalue weighted by atomic mass is 16.2. The zero-order valence-electron chi connectivity index (χ0n) is 16.3. The number of rotatable bonds is 7. The molecule has 0 unspecified atom stereocenters. The van der Waals surface area contributed by atoms with Crippen molar-refractivity contribution < 1.29 is 9.59 Å². The maximum absolute atomic E-state index is 12.3. The Kier molecular flexibility index (Phi) is 5.88. The molecule has 2 N–H and O–H groups in total. The molecular weight excluding hydrogens is 356 g/mol. The van der Waals surface area contributed by atoms with Crippen molar-refractivity contribution in [1.82, 2.24) is 24.9 Å². The van der Waals surface area contributed by atoms with Crippen molar-refractivity contribution in [3.63, 3.8) is 0 Å². The van der Waals surface area contributed by atoms with Crippen LogP contribution in [0.5, 0.6) is 0 Å². The SMILES string of the molecule is CCn1nc(C)cc1C(=O)NCC(=O)Nc1cnn(Cc2ccc(C)cc2)c1. The van der Waals surface area contributed by atoms with Crippen molar-refractivity contribution in [2.24, 2.45) is 0 Å². The number of nitrogens with one attached hydrogen (secondary N) is 2. The molecule has 8 nitrogen and oxygen atoms in total. The molecule has 2 heterocycles. The molecule has 0 atom stereocenters. The fourth-order valence-electron chi connectivity index (χ4n) is 2.82. The zero-order chi connectivity index (χ0) is 20.1. The molecule has 0 radical (unpaired) electrons. The largest absolute Gasteiger partial charge is 0.342 e. The minimum absolute atomic E-state index is 0.129. The molecule has 0 aliphatic carbocycles. The molecule has 0 bridgehead atoms. The Hall–Kier alpha value is -3.42. The third kappa shape index (κ3) is 4.85. The quantitative estimate of drug-likeness (QED) is 0.657. The maximum atomic E-state index is 12.3. The van der Waals surface area contributed by atoms with Crippen LogP contribution in [0.25, 0.3) is 0 Å². The van der Waals surface area contributed by atoms with E-state index in [0.717, 1.165) is 11.3 Å². The minimum atomic E-state index is -0.326. The summed E-state index contributed by atoms with van der Waals surface area (Å²) in [6, 6.07) is 9.90. The van der Waals surface area contributed by atoms with Gasteiger partial charge in [0.2, 0.25) is 5.91 Å². The van der Waals surface area contributed by atoms with E-state index in [-0.39, 0.29) is 18.4 Å². The molecule has 3 aromatic rings. The number of amides is 2. The van der Waals surface area contributed by atoms with E-state index in [4.69, 9.17) is 0 Å². The molecule has 2 aromatic heterocycles. The summed E-state index contributed by atoms with van der Waals surface area (Å²) in [6.45, 7) is 6.85. The normalized spacial score (nSPS) is 10.7. The first-order valence-corrected chi connectivity index (χ1v) is 9.15. The van der Waals surface area contributed by atoms with Gasteiger partial charge in [0.1, 0.15) is 5.69 Å². The van der Waals surface area contributed by atoms with E-state index < -0.39 is 0 Å². The van der Waals surface area contributed by atoms with Crippen LogP contribution in [-0.4, -0.2) is 37.9 Å². The van der Waals surface area contributed by atoms with Gasteiger partial charge in [-0.2, -0.15) is 10.2 Å². The number of carbonyl (C=O) groups is 2. The number of nitrogens with zero attached hydrogens (tertiary/aromatic N) is 4. The van der Waals surface area contributed by atoms with Gasteiger partial charge >= 0.3 is 0 Å². The van der Waals surface area contributed by atoms with Gasteiger partial charge in [0.15, 0.2) is 0 Å². The number of hydrogen-bond donors (Lipinski definition) is 2. The summed E-state index contributed by atoms with van der Waals surface area (Å²) >= 11 is 0. The summed E-state index contributed by atoms with van der Waals surface area (Å²) in [5, 5.41) is 13.8. The van der Waals surface area contributed by atoms with E-state index in [9.17, 15) is 9.59 Å². The second-order valence-corrected chi connectivity index (χ2v) is 6.63. The zero-order valence-corrected chi connectivity index (χ0v) is 16.3. The number of hydrogen-bond acceptors (Lipinski definition) is 4. The summed E-state index contributed by atoms with van der Waals surface area (Å²) in [5.74, 6) is -0.643. The lowest BCUT2D eigenvalue weighted by atomic mass is 10.1. The van der Waals surface area contributed by atoms with Crippen molar-refractivity contribution in [3.8, 4) is 0 Å². The van der Waals surface area contributed by atoms with Crippen LogP contribution in [0.3, 0.4) is 0 Å². The molecule has 146 valence electrons. The second-order valence-electron chi connectivity index (χ2n) is 6.63. The van der Waals surface area contributed by atoms with Gasteiger partial charge in [-0.1, -0.05) is 29.8 Å². The monoisotopic (exact) mass is 380 g/mol. The third-order valence-corrected chi connectivity index (χ3v) is 4.23. The summed E-state index contributed by atoms with van der Waals surface area (Å²) in [4.78, 5) is 24.4. The van der Waals surface area contributed by atoms with Crippen molar-refractivity contribution in [3.05, 3.63) is 65.2 Å². The highest BCUT2D eigenvalue weighted by molar-refractivity contribution is 5.98. The molecule has 0 spiro atoms. The Morgan fingerprint density at radius 1 is 1.14 bits per heavy atom. The highest BCUT2D eigenvalue weighted by Gasteiger charge is 2.14. The minimum Gasteiger partial charge on any atom is -0.342 e. The first kappa shape index (κ1) is 19.3. The van der Waals surface area contributed by atoms with Gasteiger partial charge in [0.05, 0.1) is 30.7 Å². The van der Waals surface area contributed by atoms with Gasteiger partial charge in [-0.3, -0.25) is 19.0 Å². The van der Waals surface area contributed by atoms with Gasteiger partial charge in [0.25, 0.3) is 5.91 Å². The third-order valence-electron chi connectivity index (χ3n) is 4.23. The molecule has 1 aromatic carbocycles. The number of aromatic nitrogens is 4. The highest BCUT2D eigenvalue weighted by Crippen LogP contribution is 2.09. The molecule has 8 heteroatoms. The van der Waals surface area contributed by atoms with Gasteiger partial charge in [-0.05, 0) is 32.4 Å². The Labute approximate surface area is 163 Å². The Balaban J connectivity index is 1.51. The number of benzene rings is 1. The van der Waals surface area contributed by atoms with Crippen LogP contribution < -0.4 is 10.6 Å². The number of anilines is 1. The lowest BCUT2D eigenvalue weighted by Gasteiger charge is -2.07. The van der Waals surface area contributed by atoms with E-state index in [1.165, 1.54) is 5.56 Å². The molecular formula is C20H24N6O2. The molecule has 0 saturated heterocycles. The smallest absolute Gasteiger partial charge is 0.269 e. The second kappa shape index (κ2) is 8.51. The van der Waals surface area contributed by atoms with Gasteiger partial charge < -0.3 is 10.6 Å². The van der Waals surface area contributed by atoms with E-state index in [2.05, 4.69) is 33.0 Å². The van der Waals surface area contributed by atoms with E-state index in [0.29, 0.717) is 24.5 Å². The van der Waals surface area contributed by atoms with E-state index >= 15 is 0 Å². The lowest BCUT2D eigenvalue weighted by Crippen LogP contribution is -2.34. The summed E-state index contributed by atoms with van der Waals surface area (Å²) in [6.07, 6.45) is 3.35. The Morgan fingerprint density at radius 3 is 2.61 bits per heavy atom. The van der Waals surface area contributed by atoms with Crippen molar-refractivity contribution in [2.75, 3.05) is 11.9 Å². The van der Waals surface area contributed by atoms with Crippen LogP contribution in [0.15, 0.2) is 42.7 Å². The number of carbonyl (C=O) groups excluding carboxylic acids is 2. The average Bonchev–Trinajstić information content (AvgIpc) is 3.27. The Morgan fingerprint density at radius 2 is 1.89 bits per heavy atom. The van der Waals surface area contributed by atoms with Crippen LogP contribution in [0.2, 0.25) is 0 Å². The number of aryl methyl sites for hydroxylation is 3. The molecule has 0 fully saturated rings. The van der Waals surface area contributed by atoms with Crippen LogP contribution in [0.4, 0.5) is 5.69 Å². The fraction of sp³-hybridized carbons (Fsp3) is 0.300. The summed E-state index contributed by atoms with van der Waals surface area (Å²) in [5.41, 5.74) is 4.12. The van der Waals surface area contributed by atoms with Gasteiger partial charge in [-0.15, -0.1) is 0 Å².